The van der Waals surface area contributed by atoms with Crippen LogP contribution in [0.1, 0.15) is 51.9 Å². The molecule has 2 heterocycles. The van der Waals surface area contributed by atoms with E-state index in [-0.39, 0.29) is 17.6 Å². The number of carbonyl (C=O) groups is 1. The normalized spacial score (nSPS) is 34.3. The van der Waals surface area contributed by atoms with Crippen LogP contribution in [0, 0.1) is 0 Å². The zero-order chi connectivity index (χ0) is 14.9. The molecule has 21 heavy (non-hydrogen) atoms. The summed E-state index contributed by atoms with van der Waals surface area (Å²) in [6.07, 6.45) is 7.16. The lowest BCUT2D eigenvalue weighted by Gasteiger charge is -2.46. The summed E-state index contributed by atoms with van der Waals surface area (Å²) in [6.45, 7) is 5.75. The first-order valence-corrected chi connectivity index (χ1v) is 8.63. The fourth-order valence-electron chi connectivity index (χ4n) is 4.48. The van der Waals surface area contributed by atoms with Crippen molar-refractivity contribution in [3.05, 3.63) is 0 Å². The number of piperidine rings is 1. The van der Waals surface area contributed by atoms with Crippen molar-refractivity contribution in [2.75, 3.05) is 26.3 Å². The molecule has 1 aliphatic carbocycles. The minimum atomic E-state index is -0.272. The number of nitrogens with zero attached hydrogens (tertiary/aromatic N) is 2. The summed E-state index contributed by atoms with van der Waals surface area (Å²) in [4.78, 5) is 17.1. The van der Waals surface area contributed by atoms with Crippen LogP contribution >= 0.6 is 0 Å². The molecule has 2 aliphatic heterocycles. The lowest BCUT2D eigenvalue weighted by molar-refractivity contribution is -0.130. The SMILES string of the molecule is CCCN1CNC(=O)C12CCN([C@@H]1CCCC[C@H]1O)CC2. The van der Waals surface area contributed by atoms with E-state index < -0.39 is 0 Å². The Morgan fingerprint density at radius 3 is 2.67 bits per heavy atom. The van der Waals surface area contributed by atoms with Crippen LogP contribution in [-0.4, -0.2) is 64.8 Å². The van der Waals surface area contributed by atoms with Crippen LogP contribution in [0.15, 0.2) is 0 Å². The molecule has 0 aromatic heterocycles. The second-order valence-electron chi connectivity index (χ2n) is 6.91. The number of nitrogens with one attached hydrogen (secondary N) is 1. The summed E-state index contributed by atoms with van der Waals surface area (Å²) in [7, 11) is 0. The van der Waals surface area contributed by atoms with Crippen LogP contribution < -0.4 is 5.32 Å². The molecule has 2 atom stereocenters. The molecule has 0 radical (unpaired) electrons. The summed E-state index contributed by atoms with van der Waals surface area (Å²) in [5.41, 5.74) is -0.272. The van der Waals surface area contributed by atoms with Gasteiger partial charge in [-0.05, 0) is 32.1 Å². The third-order valence-electron chi connectivity index (χ3n) is 5.74. The molecule has 1 saturated carbocycles. The van der Waals surface area contributed by atoms with Gasteiger partial charge in [0.1, 0.15) is 5.54 Å². The molecule has 0 unspecified atom stereocenters. The molecule has 3 fully saturated rings. The Bertz CT molecular complexity index is 380. The zero-order valence-corrected chi connectivity index (χ0v) is 13.2. The van der Waals surface area contributed by atoms with E-state index in [1.807, 2.05) is 0 Å². The maximum absolute atomic E-state index is 12.4. The number of carbonyl (C=O) groups excluding carboxylic acids is 1. The Labute approximate surface area is 127 Å². The Hall–Kier alpha value is -0.650. The molecule has 0 bridgehead atoms. The van der Waals surface area contributed by atoms with Crippen LogP contribution in [0.3, 0.4) is 0 Å². The average molecular weight is 295 g/mol. The number of aliphatic hydroxyl groups is 1. The minimum absolute atomic E-state index is 0.169. The second kappa shape index (κ2) is 6.23. The molecular weight excluding hydrogens is 266 g/mol. The maximum Gasteiger partial charge on any atom is 0.241 e. The second-order valence-corrected chi connectivity index (χ2v) is 6.91. The molecule has 5 heteroatoms. The van der Waals surface area contributed by atoms with Gasteiger partial charge in [0.2, 0.25) is 5.91 Å². The Kier molecular flexibility index (Phi) is 4.52. The number of likely N-dealkylation sites (tertiary alicyclic amines) is 1. The third-order valence-corrected chi connectivity index (χ3v) is 5.74. The van der Waals surface area contributed by atoms with Crippen molar-refractivity contribution in [1.29, 1.82) is 0 Å². The topological polar surface area (TPSA) is 55.8 Å². The van der Waals surface area contributed by atoms with E-state index in [1.54, 1.807) is 0 Å². The van der Waals surface area contributed by atoms with Gasteiger partial charge < -0.3 is 10.4 Å². The molecule has 120 valence electrons. The van der Waals surface area contributed by atoms with Gasteiger partial charge in [0.05, 0.1) is 12.8 Å². The van der Waals surface area contributed by atoms with Gasteiger partial charge in [-0.1, -0.05) is 19.8 Å². The van der Waals surface area contributed by atoms with Crippen molar-refractivity contribution in [3.8, 4) is 0 Å². The number of hydrogen-bond donors (Lipinski definition) is 2. The molecule has 2 N–H and O–H groups in total. The first kappa shape index (κ1) is 15.3. The van der Waals surface area contributed by atoms with Crippen molar-refractivity contribution in [1.82, 2.24) is 15.1 Å². The summed E-state index contributed by atoms with van der Waals surface area (Å²) < 4.78 is 0. The van der Waals surface area contributed by atoms with Crippen molar-refractivity contribution < 1.29 is 9.90 Å². The number of amides is 1. The van der Waals surface area contributed by atoms with Gasteiger partial charge in [-0.3, -0.25) is 14.6 Å². The van der Waals surface area contributed by atoms with Gasteiger partial charge in [0, 0.05) is 25.7 Å². The lowest BCUT2D eigenvalue weighted by atomic mass is 9.83. The number of hydrogen-bond acceptors (Lipinski definition) is 4. The van der Waals surface area contributed by atoms with Gasteiger partial charge in [-0.2, -0.15) is 0 Å². The predicted octanol–water partition coefficient (Wildman–Crippen LogP) is 0.924. The van der Waals surface area contributed by atoms with Crippen LogP contribution in [0.5, 0.6) is 0 Å². The first-order valence-electron chi connectivity index (χ1n) is 8.63. The molecule has 5 nitrogen and oxygen atoms in total. The lowest BCUT2D eigenvalue weighted by Crippen LogP contribution is -2.59. The van der Waals surface area contributed by atoms with Gasteiger partial charge in [-0.15, -0.1) is 0 Å². The highest BCUT2D eigenvalue weighted by molar-refractivity contribution is 5.88. The molecule has 0 aromatic rings. The third kappa shape index (κ3) is 2.71. The number of rotatable bonds is 3. The summed E-state index contributed by atoms with van der Waals surface area (Å²) >= 11 is 0. The molecular formula is C16H29N3O2. The monoisotopic (exact) mass is 295 g/mol. The van der Waals surface area contributed by atoms with Crippen molar-refractivity contribution in [2.24, 2.45) is 0 Å². The summed E-state index contributed by atoms with van der Waals surface area (Å²) in [5.74, 6) is 0.222. The molecule has 2 saturated heterocycles. The van der Waals surface area contributed by atoms with Crippen LogP contribution in [0.25, 0.3) is 0 Å². The van der Waals surface area contributed by atoms with E-state index in [2.05, 4.69) is 22.0 Å². The quantitative estimate of drug-likeness (QED) is 0.813. The van der Waals surface area contributed by atoms with Crippen molar-refractivity contribution >= 4 is 5.91 Å². The molecule has 0 aromatic carbocycles. The van der Waals surface area contributed by atoms with E-state index >= 15 is 0 Å². The Morgan fingerprint density at radius 1 is 1.29 bits per heavy atom. The maximum atomic E-state index is 12.4. The van der Waals surface area contributed by atoms with Crippen LogP contribution in [-0.2, 0) is 4.79 Å². The van der Waals surface area contributed by atoms with Crippen molar-refractivity contribution in [2.45, 2.75) is 69.6 Å². The average Bonchev–Trinajstić information content (AvgIpc) is 2.79. The highest BCUT2D eigenvalue weighted by Gasteiger charge is 2.50. The standard InChI is InChI=1S/C16H29N3O2/c1-2-9-19-12-17-15(21)16(19)7-10-18(11-8-16)13-5-3-4-6-14(13)20/h13-14,20H,2-12H2,1H3,(H,17,21)/t13-,14-/m1/s1. The van der Waals surface area contributed by atoms with E-state index in [0.717, 1.165) is 58.2 Å². The summed E-state index contributed by atoms with van der Waals surface area (Å²) in [6, 6.07) is 0.320. The molecule has 1 spiro atoms. The highest BCUT2D eigenvalue weighted by Crippen LogP contribution is 2.35. The highest BCUT2D eigenvalue weighted by atomic mass is 16.3. The summed E-state index contributed by atoms with van der Waals surface area (Å²) in [5, 5.41) is 13.3. The first-order chi connectivity index (χ1) is 10.2. The van der Waals surface area contributed by atoms with E-state index in [0.29, 0.717) is 12.7 Å². The van der Waals surface area contributed by atoms with Gasteiger partial charge in [0.15, 0.2) is 0 Å². The largest absolute Gasteiger partial charge is 0.391 e. The van der Waals surface area contributed by atoms with E-state index in [4.69, 9.17) is 0 Å². The fourth-order valence-corrected chi connectivity index (χ4v) is 4.48. The van der Waals surface area contributed by atoms with Crippen LogP contribution in [0.4, 0.5) is 0 Å². The molecule has 1 amide bonds. The van der Waals surface area contributed by atoms with E-state index in [1.165, 1.54) is 6.42 Å². The van der Waals surface area contributed by atoms with Gasteiger partial charge in [-0.25, -0.2) is 0 Å². The molecule has 3 rings (SSSR count). The van der Waals surface area contributed by atoms with Gasteiger partial charge >= 0.3 is 0 Å². The minimum Gasteiger partial charge on any atom is -0.391 e. The van der Waals surface area contributed by atoms with Gasteiger partial charge in [0.25, 0.3) is 0 Å². The van der Waals surface area contributed by atoms with Crippen LogP contribution in [0.2, 0.25) is 0 Å². The predicted molar refractivity (Wildman–Crippen MR) is 81.8 cm³/mol. The van der Waals surface area contributed by atoms with Crippen molar-refractivity contribution in [3.63, 3.8) is 0 Å². The Balaban J connectivity index is 1.64. The zero-order valence-electron chi connectivity index (χ0n) is 13.2. The Morgan fingerprint density at radius 2 is 2.00 bits per heavy atom. The van der Waals surface area contributed by atoms with E-state index in [9.17, 15) is 9.90 Å². The fraction of sp³-hybridized carbons (Fsp3) is 0.938. The number of aliphatic hydroxyl groups excluding tert-OH is 1. The molecule has 3 aliphatic rings. The smallest absolute Gasteiger partial charge is 0.241 e.